The zero-order chi connectivity index (χ0) is 19.0. The number of nitrogens with one attached hydrogen (secondary N) is 1. The number of carbonyl (C=O) groups excluding carboxylic acids is 1. The number of rotatable bonds is 3. The highest BCUT2D eigenvalue weighted by Gasteiger charge is 2.28. The van der Waals surface area contributed by atoms with Crippen LogP contribution in [0, 0.1) is 5.82 Å². The van der Waals surface area contributed by atoms with Crippen LogP contribution < -0.4 is 10.9 Å². The summed E-state index contributed by atoms with van der Waals surface area (Å²) in [6.45, 7) is 1.54. The van der Waals surface area contributed by atoms with Crippen LogP contribution in [-0.2, 0) is 18.4 Å². The van der Waals surface area contributed by atoms with E-state index in [1.54, 1.807) is 24.1 Å². The molecule has 9 heteroatoms. The second kappa shape index (κ2) is 6.92. The molecule has 1 fully saturated rings. The molecular formula is C18H19FN6O2. The van der Waals surface area contributed by atoms with Gasteiger partial charge in [-0.25, -0.2) is 9.37 Å². The van der Waals surface area contributed by atoms with Crippen LogP contribution in [0.15, 0.2) is 41.6 Å². The molecule has 0 saturated carbocycles. The van der Waals surface area contributed by atoms with Gasteiger partial charge in [0.2, 0.25) is 5.91 Å². The topological polar surface area (TPSA) is 85.0 Å². The normalized spacial score (nSPS) is 17.4. The molecule has 1 aliphatic heterocycles. The van der Waals surface area contributed by atoms with Crippen molar-refractivity contribution in [2.75, 3.05) is 19.6 Å². The lowest BCUT2D eigenvalue weighted by molar-refractivity contribution is -0.135. The highest BCUT2D eigenvalue weighted by Crippen LogP contribution is 2.23. The highest BCUT2D eigenvalue weighted by molar-refractivity contribution is 5.78. The molecule has 0 spiro atoms. The van der Waals surface area contributed by atoms with Crippen molar-refractivity contribution in [3.8, 4) is 0 Å². The maximum absolute atomic E-state index is 13.6. The van der Waals surface area contributed by atoms with Gasteiger partial charge in [0.15, 0.2) is 5.65 Å². The number of hydrogen-bond acceptors (Lipinski definition) is 5. The molecule has 2 aromatic heterocycles. The molecule has 3 aromatic rings. The molecule has 0 aliphatic carbocycles. The maximum Gasteiger partial charge on any atom is 0.264 e. The summed E-state index contributed by atoms with van der Waals surface area (Å²) in [6.07, 6.45) is 2.82. The van der Waals surface area contributed by atoms with E-state index in [0.29, 0.717) is 30.7 Å². The summed E-state index contributed by atoms with van der Waals surface area (Å²) >= 11 is 0. The Morgan fingerprint density at radius 3 is 3.07 bits per heavy atom. The van der Waals surface area contributed by atoms with Crippen LogP contribution in [0.5, 0.6) is 0 Å². The third-order valence-corrected chi connectivity index (χ3v) is 4.82. The molecule has 0 bridgehead atoms. The van der Waals surface area contributed by atoms with Crippen LogP contribution in [0.3, 0.4) is 0 Å². The molecule has 1 N–H and O–H groups in total. The van der Waals surface area contributed by atoms with E-state index in [1.807, 2.05) is 0 Å². The lowest BCUT2D eigenvalue weighted by Gasteiger charge is -2.36. The number of nitrogens with zero attached hydrogens (tertiary/aromatic N) is 5. The Labute approximate surface area is 154 Å². The third-order valence-electron chi connectivity index (χ3n) is 4.82. The van der Waals surface area contributed by atoms with E-state index in [4.69, 9.17) is 0 Å². The molecule has 1 aromatic carbocycles. The van der Waals surface area contributed by atoms with Crippen molar-refractivity contribution in [3.63, 3.8) is 0 Å². The molecule has 8 nitrogen and oxygen atoms in total. The van der Waals surface area contributed by atoms with Crippen LogP contribution in [0.2, 0.25) is 0 Å². The van der Waals surface area contributed by atoms with E-state index >= 15 is 0 Å². The largest absolute Gasteiger partial charge is 0.332 e. The first-order valence-electron chi connectivity index (χ1n) is 8.67. The van der Waals surface area contributed by atoms with Gasteiger partial charge in [0.05, 0.1) is 12.2 Å². The summed E-state index contributed by atoms with van der Waals surface area (Å²) in [7, 11) is 1.70. The van der Waals surface area contributed by atoms with Gasteiger partial charge in [0.25, 0.3) is 5.56 Å². The smallest absolute Gasteiger partial charge is 0.264 e. The summed E-state index contributed by atoms with van der Waals surface area (Å²) in [5, 5.41) is 7.63. The van der Waals surface area contributed by atoms with Crippen molar-refractivity contribution in [2.24, 2.45) is 7.05 Å². The maximum atomic E-state index is 13.6. The summed E-state index contributed by atoms with van der Waals surface area (Å²) in [5.74, 6) is -0.550. The van der Waals surface area contributed by atoms with Gasteiger partial charge >= 0.3 is 0 Å². The summed E-state index contributed by atoms with van der Waals surface area (Å²) in [5.41, 5.74) is 0.895. The summed E-state index contributed by atoms with van der Waals surface area (Å²) in [4.78, 5) is 31.4. The lowest BCUT2D eigenvalue weighted by atomic mass is 10.0. The molecule has 0 radical (unpaired) electrons. The number of aromatic nitrogens is 4. The number of fused-ring (bicyclic) bond motifs is 1. The first-order chi connectivity index (χ1) is 13.0. The minimum Gasteiger partial charge on any atom is -0.332 e. The van der Waals surface area contributed by atoms with E-state index < -0.39 is 0 Å². The van der Waals surface area contributed by atoms with Crippen molar-refractivity contribution in [1.29, 1.82) is 0 Å². The minimum absolute atomic E-state index is 0.123. The van der Waals surface area contributed by atoms with Crippen LogP contribution in [0.4, 0.5) is 4.39 Å². The first kappa shape index (κ1) is 17.3. The van der Waals surface area contributed by atoms with E-state index in [1.165, 1.54) is 33.9 Å². The van der Waals surface area contributed by atoms with Gasteiger partial charge in [-0.05, 0) is 17.7 Å². The Hall–Kier alpha value is -3.07. The first-order valence-corrected chi connectivity index (χ1v) is 8.67. The van der Waals surface area contributed by atoms with E-state index in [9.17, 15) is 14.0 Å². The Bertz CT molecular complexity index is 1060. The van der Waals surface area contributed by atoms with Crippen LogP contribution in [0.1, 0.15) is 11.6 Å². The fourth-order valence-corrected chi connectivity index (χ4v) is 3.43. The molecule has 1 amide bonds. The van der Waals surface area contributed by atoms with Crippen LogP contribution in [0.25, 0.3) is 11.0 Å². The van der Waals surface area contributed by atoms with Crippen LogP contribution >= 0.6 is 0 Å². The fraction of sp³-hybridized carbons (Fsp3) is 0.333. The molecule has 1 aliphatic rings. The van der Waals surface area contributed by atoms with Gasteiger partial charge in [0, 0.05) is 26.7 Å². The highest BCUT2D eigenvalue weighted by atomic mass is 19.1. The Morgan fingerprint density at radius 1 is 1.41 bits per heavy atom. The second-order valence-corrected chi connectivity index (χ2v) is 6.55. The molecule has 27 heavy (non-hydrogen) atoms. The average Bonchev–Trinajstić information content (AvgIpc) is 3.05. The monoisotopic (exact) mass is 370 g/mol. The number of piperazine rings is 1. The SMILES string of the molecule is Cn1ncc2c(=O)n(CC(=O)N3CCNCC3c3cccc(F)c3)cnc21. The third kappa shape index (κ3) is 3.21. The number of halogens is 1. The minimum atomic E-state index is -0.340. The number of amides is 1. The fourth-order valence-electron chi connectivity index (χ4n) is 3.43. The Morgan fingerprint density at radius 2 is 2.26 bits per heavy atom. The van der Waals surface area contributed by atoms with Gasteiger partial charge in [-0.15, -0.1) is 0 Å². The molecular weight excluding hydrogens is 351 g/mol. The van der Waals surface area contributed by atoms with Crippen molar-refractivity contribution in [1.82, 2.24) is 29.5 Å². The quantitative estimate of drug-likeness (QED) is 0.723. The number of aryl methyl sites for hydroxylation is 1. The van der Waals surface area contributed by atoms with Gasteiger partial charge in [-0.1, -0.05) is 12.1 Å². The van der Waals surface area contributed by atoms with Gasteiger partial charge in [0.1, 0.15) is 24.1 Å². The molecule has 1 saturated heterocycles. The van der Waals surface area contributed by atoms with Gasteiger partial charge < -0.3 is 10.2 Å². The summed E-state index contributed by atoms with van der Waals surface area (Å²) in [6, 6.07) is 5.96. The van der Waals surface area contributed by atoms with Crippen molar-refractivity contribution >= 4 is 16.9 Å². The number of hydrogen-bond donors (Lipinski definition) is 1. The number of carbonyl (C=O) groups is 1. The second-order valence-electron chi connectivity index (χ2n) is 6.55. The Kier molecular flexibility index (Phi) is 4.44. The molecule has 4 rings (SSSR count). The zero-order valence-electron chi connectivity index (χ0n) is 14.8. The molecule has 1 unspecified atom stereocenters. The van der Waals surface area contributed by atoms with E-state index in [-0.39, 0.29) is 29.9 Å². The van der Waals surface area contributed by atoms with Gasteiger partial charge in [-0.3, -0.25) is 18.8 Å². The zero-order valence-corrected chi connectivity index (χ0v) is 14.8. The standard InChI is InChI=1S/C18H19FN6O2/c1-23-17-14(8-22-23)18(27)24(11-21-17)10-16(26)25-6-5-20-9-15(25)12-3-2-4-13(19)7-12/h2-4,7-8,11,15,20H,5-6,9-10H2,1H3. The molecule has 3 heterocycles. The van der Waals surface area contributed by atoms with Crippen molar-refractivity contribution < 1.29 is 9.18 Å². The molecule has 140 valence electrons. The number of benzene rings is 1. The van der Waals surface area contributed by atoms with Gasteiger partial charge in [-0.2, -0.15) is 5.10 Å². The van der Waals surface area contributed by atoms with E-state index in [0.717, 1.165) is 5.56 Å². The van der Waals surface area contributed by atoms with E-state index in [2.05, 4.69) is 15.4 Å². The average molecular weight is 370 g/mol. The Balaban J connectivity index is 1.61. The van der Waals surface area contributed by atoms with Crippen molar-refractivity contribution in [2.45, 2.75) is 12.6 Å². The van der Waals surface area contributed by atoms with Crippen LogP contribution in [-0.4, -0.2) is 49.8 Å². The lowest BCUT2D eigenvalue weighted by Crippen LogP contribution is -2.50. The summed E-state index contributed by atoms with van der Waals surface area (Å²) < 4.78 is 16.4. The molecule has 1 atom stereocenters. The predicted molar refractivity (Wildman–Crippen MR) is 96.5 cm³/mol. The predicted octanol–water partition coefficient (Wildman–Crippen LogP) is 0.442. The van der Waals surface area contributed by atoms with Crippen molar-refractivity contribution in [3.05, 3.63) is 58.5 Å².